The highest BCUT2D eigenvalue weighted by Crippen LogP contribution is 2.34. The van der Waals surface area contributed by atoms with Gasteiger partial charge in [-0.05, 0) is 43.9 Å². The summed E-state index contributed by atoms with van der Waals surface area (Å²) in [6, 6.07) is 4.71. The standard InChI is InChI=1S/C13H17F3N2/c1-8-2-4-11(7-12(8)13(14,15)16)18-10-5-3-9(17)6-10/h2,4,7,9-10,18H,3,5-6,17H2,1H3. The highest BCUT2D eigenvalue weighted by Gasteiger charge is 2.32. The van der Waals surface area contributed by atoms with Gasteiger partial charge in [0.15, 0.2) is 0 Å². The van der Waals surface area contributed by atoms with Crippen LogP contribution in [0.3, 0.4) is 0 Å². The maximum absolute atomic E-state index is 12.8. The van der Waals surface area contributed by atoms with Crippen LogP contribution in [0.2, 0.25) is 0 Å². The first-order valence-electron chi connectivity index (χ1n) is 6.06. The van der Waals surface area contributed by atoms with Crippen molar-refractivity contribution < 1.29 is 13.2 Å². The number of aryl methyl sites for hydroxylation is 1. The molecule has 2 rings (SSSR count). The fourth-order valence-corrected chi connectivity index (χ4v) is 2.40. The van der Waals surface area contributed by atoms with Crippen molar-refractivity contribution in [3.63, 3.8) is 0 Å². The van der Waals surface area contributed by atoms with Crippen molar-refractivity contribution in [1.82, 2.24) is 0 Å². The molecule has 2 nitrogen and oxygen atoms in total. The van der Waals surface area contributed by atoms with Crippen LogP contribution in [0.15, 0.2) is 18.2 Å². The first-order valence-corrected chi connectivity index (χ1v) is 6.06. The first-order chi connectivity index (χ1) is 8.36. The summed E-state index contributed by atoms with van der Waals surface area (Å²) in [6.07, 6.45) is -1.64. The molecule has 0 saturated heterocycles. The van der Waals surface area contributed by atoms with E-state index in [0.717, 1.165) is 19.3 Å². The Hall–Kier alpha value is -1.23. The molecule has 0 aromatic heterocycles. The number of nitrogens with two attached hydrogens (primary N) is 1. The molecular formula is C13H17F3N2. The van der Waals surface area contributed by atoms with Crippen LogP contribution in [-0.2, 0) is 6.18 Å². The van der Waals surface area contributed by atoms with Gasteiger partial charge in [-0.25, -0.2) is 0 Å². The topological polar surface area (TPSA) is 38.0 Å². The molecule has 1 saturated carbocycles. The van der Waals surface area contributed by atoms with E-state index >= 15 is 0 Å². The molecule has 1 fully saturated rings. The second kappa shape index (κ2) is 4.80. The number of benzene rings is 1. The molecule has 1 aromatic carbocycles. The smallest absolute Gasteiger partial charge is 0.382 e. The molecule has 1 aliphatic carbocycles. The SMILES string of the molecule is Cc1ccc(NC2CCC(N)C2)cc1C(F)(F)F. The Balaban J connectivity index is 2.15. The second-order valence-corrected chi connectivity index (χ2v) is 4.94. The molecular weight excluding hydrogens is 241 g/mol. The molecule has 0 heterocycles. The van der Waals surface area contributed by atoms with Gasteiger partial charge in [-0.15, -0.1) is 0 Å². The summed E-state index contributed by atoms with van der Waals surface area (Å²) >= 11 is 0. The molecule has 100 valence electrons. The number of rotatable bonds is 2. The van der Waals surface area contributed by atoms with Crippen molar-refractivity contribution >= 4 is 5.69 Å². The van der Waals surface area contributed by atoms with Crippen LogP contribution < -0.4 is 11.1 Å². The van der Waals surface area contributed by atoms with Crippen LogP contribution in [-0.4, -0.2) is 12.1 Å². The molecule has 0 spiro atoms. The molecule has 5 heteroatoms. The molecule has 0 amide bonds. The van der Waals surface area contributed by atoms with Crippen molar-refractivity contribution in [2.45, 2.75) is 44.4 Å². The fourth-order valence-electron chi connectivity index (χ4n) is 2.40. The lowest BCUT2D eigenvalue weighted by atomic mass is 10.1. The zero-order chi connectivity index (χ0) is 13.3. The maximum atomic E-state index is 12.8. The minimum Gasteiger partial charge on any atom is -0.382 e. The first kappa shape index (κ1) is 13.2. The summed E-state index contributed by atoms with van der Waals surface area (Å²) in [6.45, 7) is 1.47. The van der Waals surface area contributed by atoms with E-state index in [0.29, 0.717) is 5.69 Å². The van der Waals surface area contributed by atoms with E-state index < -0.39 is 11.7 Å². The average molecular weight is 258 g/mol. The maximum Gasteiger partial charge on any atom is 0.416 e. The van der Waals surface area contributed by atoms with E-state index in [-0.39, 0.29) is 17.6 Å². The quantitative estimate of drug-likeness (QED) is 0.854. The van der Waals surface area contributed by atoms with Gasteiger partial charge in [-0.3, -0.25) is 0 Å². The number of hydrogen-bond donors (Lipinski definition) is 2. The molecule has 1 aromatic rings. The van der Waals surface area contributed by atoms with Gasteiger partial charge in [-0.1, -0.05) is 6.07 Å². The average Bonchev–Trinajstić information content (AvgIpc) is 2.65. The molecule has 0 bridgehead atoms. The third-order valence-electron chi connectivity index (χ3n) is 3.39. The molecule has 0 aliphatic heterocycles. The molecule has 2 unspecified atom stereocenters. The molecule has 0 radical (unpaired) electrons. The van der Waals surface area contributed by atoms with Crippen molar-refractivity contribution in [1.29, 1.82) is 0 Å². The van der Waals surface area contributed by atoms with E-state index in [2.05, 4.69) is 5.32 Å². The summed E-state index contributed by atoms with van der Waals surface area (Å²) < 4.78 is 38.3. The Morgan fingerprint density at radius 3 is 2.56 bits per heavy atom. The van der Waals surface area contributed by atoms with Crippen molar-refractivity contribution in [3.8, 4) is 0 Å². The summed E-state index contributed by atoms with van der Waals surface area (Å²) in [5, 5.41) is 3.13. The van der Waals surface area contributed by atoms with Gasteiger partial charge >= 0.3 is 6.18 Å². The molecule has 18 heavy (non-hydrogen) atoms. The van der Waals surface area contributed by atoms with Crippen LogP contribution in [0.25, 0.3) is 0 Å². The van der Waals surface area contributed by atoms with Crippen molar-refractivity contribution in [3.05, 3.63) is 29.3 Å². The lowest BCUT2D eigenvalue weighted by Gasteiger charge is -2.17. The summed E-state index contributed by atoms with van der Waals surface area (Å²) in [5.41, 5.74) is 5.97. The molecule has 1 aliphatic rings. The lowest BCUT2D eigenvalue weighted by Crippen LogP contribution is -2.21. The minimum atomic E-state index is -4.30. The van der Waals surface area contributed by atoms with Crippen LogP contribution in [0, 0.1) is 6.92 Å². The Morgan fingerprint density at radius 1 is 1.28 bits per heavy atom. The number of halogens is 3. The number of anilines is 1. The third-order valence-corrected chi connectivity index (χ3v) is 3.39. The largest absolute Gasteiger partial charge is 0.416 e. The Labute approximate surface area is 104 Å². The van der Waals surface area contributed by atoms with Crippen molar-refractivity contribution in [2.75, 3.05) is 5.32 Å². The second-order valence-electron chi connectivity index (χ2n) is 4.94. The van der Waals surface area contributed by atoms with Gasteiger partial charge in [-0.2, -0.15) is 13.2 Å². The zero-order valence-corrected chi connectivity index (χ0v) is 10.2. The zero-order valence-electron chi connectivity index (χ0n) is 10.2. The van der Waals surface area contributed by atoms with E-state index in [4.69, 9.17) is 5.73 Å². The fraction of sp³-hybridized carbons (Fsp3) is 0.538. The normalized spacial score (nSPS) is 24.3. The van der Waals surface area contributed by atoms with Crippen LogP contribution in [0.5, 0.6) is 0 Å². The molecule has 2 atom stereocenters. The third kappa shape index (κ3) is 2.96. The van der Waals surface area contributed by atoms with Crippen LogP contribution >= 0.6 is 0 Å². The number of nitrogens with one attached hydrogen (secondary N) is 1. The predicted octanol–water partition coefficient (Wildman–Crippen LogP) is 3.31. The van der Waals surface area contributed by atoms with Gasteiger partial charge in [0.1, 0.15) is 0 Å². The van der Waals surface area contributed by atoms with Gasteiger partial charge in [0.2, 0.25) is 0 Å². The van der Waals surface area contributed by atoms with Gasteiger partial charge in [0.05, 0.1) is 5.56 Å². The lowest BCUT2D eigenvalue weighted by molar-refractivity contribution is -0.138. The predicted molar refractivity (Wildman–Crippen MR) is 65.4 cm³/mol. The number of alkyl halides is 3. The molecule has 3 N–H and O–H groups in total. The Kier molecular flexibility index (Phi) is 3.52. The Bertz CT molecular complexity index is 429. The van der Waals surface area contributed by atoms with Gasteiger partial charge < -0.3 is 11.1 Å². The van der Waals surface area contributed by atoms with E-state index in [1.807, 2.05) is 0 Å². The Morgan fingerprint density at radius 2 is 2.00 bits per heavy atom. The van der Waals surface area contributed by atoms with Gasteiger partial charge in [0.25, 0.3) is 0 Å². The van der Waals surface area contributed by atoms with E-state index in [1.54, 1.807) is 6.07 Å². The minimum absolute atomic E-state index is 0.162. The van der Waals surface area contributed by atoms with Crippen LogP contribution in [0.4, 0.5) is 18.9 Å². The van der Waals surface area contributed by atoms with Gasteiger partial charge in [0, 0.05) is 17.8 Å². The number of hydrogen-bond acceptors (Lipinski definition) is 2. The summed E-state index contributed by atoms with van der Waals surface area (Å²) in [5.74, 6) is 0. The highest BCUT2D eigenvalue weighted by atomic mass is 19.4. The van der Waals surface area contributed by atoms with Crippen molar-refractivity contribution in [2.24, 2.45) is 5.73 Å². The highest BCUT2D eigenvalue weighted by molar-refractivity contribution is 5.50. The van der Waals surface area contributed by atoms with E-state index in [9.17, 15) is 13.2 Å². The monoisotopic (exact) mass is 258 g/mol. The summed E-state index contributed by atoms with van der Waals surface area (Å²) in [7, 11) is 0. The van der Waals surface area contributed by atoms with E-state index in [1.165, 1.54) is 19.1 Å². The van der Waals surface area contributed by atoms with Crippen LogP contribution in [0.1, 0.15) is 30.4 Å². The summed E-state index contributed by atoms with van der Waals surface area (Å²) in [4.78, 5) is 0.